The number of benzene rings is 2. The number of thiophene rings is 1. The van der Waals surface area contributed by atoms with Gasteiger partial charge in [-0.2, -0.15) is 26.3 Å². The van der Waals surface area contributed by atoms with E-state index in [0.717, 1.165) is 30.7 Å². The van der Waals surface area contributed by atoms with E-state index >= 15 is 0 Å². The number of hydrogen-bond donors (Lipinski definition) is 0. The van der Waals surface area contributed by atoms with Crippen molar-refractivity contribution < 1.29 is 31.1 Å². The monoisotopic (exact) mass is 499 g/mol. The van der Waals surface area contributed by atoms with Crippen LogP contribution in [0.5, 0.6) is 0 Å². The Bertz CT molecular complexity index is 1030. The summed E-state index contributed by atoms with van der Waals surface area (Å²) in [6.07, 6.45) is -8.67. The van der Waals surface area contributed by atoms with Gasteiger partial charge in [-0.05, 0) is 60.2 Å². The van der Waals surface area contributed by atoms with Crippen LogP contribution in [0.2, 0.25) is 0 Å². The van der Waals surface area contributed by atoms with Crippen molar-refractivity contribution in [2.45, 2.75) is 50.5 Å². The van der Waals surface area contributed by atoms with Crippen LogP contribution in [0, 0.1) is 0 Å². The van der Waals surface area contributed by atoms with Gasteiger partial charge >= 0.3 is 12.4 Å². The number of likely N-dealkylation sites (tertiary alicyclic amines) is 1. The average molecular weight is 500 g/mol. The molecule has 0 N–H and O–H groups in total. The number of ether oxygens (including phenoxy) is 1. The predicted octanol–water partition coefficient (Wildman–Crippen LogP) is 7.71. The van der Waals surface area contributed by atoms with Crippen LogP contribution >= 0.6 is 11.3 Å². The number of nitrogens with zero attached hydrogens (tertiary/aromatic N) is 1. The zero-order valence-corrected chi connectivity index (χ0v) is 18.9. The van der Waals surface area contributed by atoms with Gasteiger partial charge in [0.25, 0.3) is 0 Å². The fourth-order valence-electron chi connectivity index (χ4n) is 4.36. The van der Waals surface area contributed by atoms with Gasteiger partial charge in [-0.1, -0.05) is 36.4 Å². The van der Waals surface area contributed by atoms with Gasteiger partial charge < -0.3 is 4.74 Å². The summed E-state index contributed by atoms with van der Waals surface area (Å²) in [6, 6.07) is 15.1. The van der Waals surface area contributed by atoms with Crippen LogP contribution in [0.4, 0.5) is 26.3 Å². The van der Waals surface area contributed by atoms with E-state index in [1.165, 1.54) is 4.88 Å². The first-order valence-electron chi connectivity index (χ1n) is 10.8. The Morgan fingerprint density at radius 2 is 1.56 bits per heavy atom. The van der Waals surface area contributed by atoms with E-state index in [2.05, 4.69) is 4.90 Å². The van der Waals surface area contributed by atoms with Crippen molar-refractivity contribution in [2.75, 3.05) is 6.54 Å². The van der Waals surface area contributed by atoms with Crippen molar-refractivity contribution in [3.05, 3.63) is 93.2 Å². The van der Waals surface area contributed by atoms with E-state index in [4.69, 9.17) is 4.74 Å². The van der Waals surface area contributed by atoms with Crippen molar-refractivity contribution in [3.63, 3.8) is 0 Å². The molecule has 2 aromatic carbocycles. The number of alkyl halides is 6. The van der Waals surface area contributed by atoms with E-state index in [0.29, 0.717) is 13.0 Å². The van der Waals surface area contributed by atoms with Crippen molar-refractivity contribution in [3.8, 4) is 0 Å². The van der Waals surface area contributed by atoms with Crippen LogP contribution in [-0.2, 0) is 30.2 Å². The summed E-state index contributed by atoms with van der Waals surface area (Å²) in [5, 5.41) is 2.00. The summed E-state index contributed by atoms with van der Waals surface area (Å²) in [5.41, 5.74) is -1.81. The highest BCUT2D eigenvalue weighted by Crippen LogP contribution is 2.38. The zero-order valence-electron chi connectivity index (χ0n) is 18.1. The summed E-state index contributed by atoms with van der Waals surface area (Å²) in [5.74, 6) is 0. The molecule has 1 aliphatic heterocycles. The first kappa shape index (κ1) is 24.8. The fourth-order valence-corrected chi connectivity index (χ4v) is 5.09. The van der Waals surface area contributed by atoms with Crippen LogP contribution in [0.15, 0.2) is 66.0 Å². The molecule has 0 aliphatic carbocycles. The van der Waals surface area contributed by atoms with Crippen molar-refractivity contribution in [1.82, 2.24) is 4.90 Å². The van der Waals surface area contributed by atoms with E-state index in [9.17, 15) is 26.3 Å². The smallest absolute Gasteiger partial charge is 0.372 e. The third-order valence-corrected chi connectivity index (χ3v) is 6.73. The normalized spacial score (nSPS) is 19.9. The third-order valence-electron chi connectivity index (χ3n) is 5.87. The van der Waals surface area contributed by atoms with E-state index in [1.807, 2.05) is 47.8 Å². The maximum Gasteiger partial charge on any atom is 0.416 e. The van der Waals surface area contributed by atoms with Crippen molar-refractivity contribution in [1.29, 1.82) is 0 Å². The highest BCUT2D eigenvalue weighted by atomic mass is 32.1. The SMILES string of the molecule is FC(F)(F)c1cc(COC2CCCN(Cc3cccs3)C2c2ccccc2)cc(C(F)(F)F)c1. The molecule has 1 aliphatic rings. The summed E-state index contributed by atoms with van der Waals surface area (Å²) < 4.78 is 85.4. The van der Waals surface area contributed by atoms with Crippen molar-refractivity contribution in [2.24, 2.45) is 0 Å². The Hall–Kier alpha value is -2.36. The molecule has 0 spiro atoms. The van der Waals surface area contributed by atoms with Gasteiger partial charge in [0.05, 0.1) is 29.9 Å². The molecule has 1 fully saturated rings. The van der Waals surface area contributed by atoms with Gasteiger partial charge in [0.15, 0.2) is 0 Å². The Kier molecular flexibility index (Phi) is 7.35. The van der Waals surface area contributed by atoms with Crippen LogP contribution in [0.1, 0.15) is 46.0 Å². The molecule has 0 amide bonds. The minimum absolute atomic E-state index is 0.139. The average Bonchev–Trinajstić information content (AvgIpc) is 3.30. The Morgan fingerprint density at radius 3 is 2.15 bits per heavy atom. The maximum absolute atomic E-state index is 13.2. The van der Waals surface area contributed by atoms with Gasteiger partial charge in [0, 0.05) is 11.4 Å². The number of hydrogen-bond acceptors (Lipinski definition) is 3. The van der Waals surface area contributed by atoms with Crippen LogP contribution in [0.3, 0.4) is 0 Å². The molecule has 34 heavy (non-hydrogen) atoms. The Labute approximate surface area is 197 Å². The molecule has 9 heteroatoms. The minimum Gasteiger partial charge on any atom is -0.372 e. The van der Waals surface area contributed by atoms with Crippen LogP contribution < -0.4 is 0 Å². The number of halogens is 6. The number of piperidine rings is 1. The molecule has 0 saturated carbocycles. The summed E-state index contributed by atoms with van der Waals surface area (Å²) >= 11 is 1.64. The second-order valence-electron chi connectivity index (χ2n) is 8.31. The second kappa shape index (κ2) is 10.1. The summed E-state index contributed by atoms with van der Waals surface area (Å²) in [6.45, 7) is 1.17. The molecule has 2 atom stereocenters. The molecule has 3 aromatic rings. The summed E-state index contributed by atoms with van der Waals surface area (Å²) in [4.78, 5) is 3.44. The Morgan fingerprint density at radius 1 is 0.882 bits per heavy atom. The van der Waals surface area contributed by atoms with Crippen LogP contribution in [0.25, 0.3) is 0 Å². The highest BCUT2D eigenvalue weighted by molar-refractivity contribution is 7.09. The quantitative estimate of drug-likeness (QED) is 0.322. The first-order valence-corrected chi connectivity index (χ1v) is 11.7. The van der Waals surface area contributed by atoms with Gasteiger partial charge in [-0.25, -0.2) is 0 Å². The topological polar surface area (TPSA) is 12.5 Å². The standard InChI is InChI=1S/C25H23F6NOS/c26-24(27,28)19-12-17(13-20(14-19)25(29,30)31)16-33-22-9-4-10-32(15-21-8-5-11-34-21)23(22)18-6-2-1-3-7-18/h1-3,5-8,11-14,22-23H,4,9-10,15-16H2. The van der Waals surface area contributed by atoms with Gasteiger partial charge in [0.2, 0.25) is 0 Å². The minimum atomic E-state index is -4.88. The van der Waals surface area contributed by atoms with Gasteiger partial charge in [-0.3, -0.25) is 4.90 Å². The lowest BCUT2D eigenvalue weighted by molar-refractivity contribution is -0.143. The molecule has 0 bridgehead atoms. The van der Waals surface area contributed by atoms with Gasteiger partial charge in [0.1, 0.15) is 0 Å². The molecule has 4 rings (SSSR count). The Balaban J connectivity index is 1.59. The molecule has 182 valence electrons. The zero-order chi connectivity index (χ0) is 24.3. The summed E-state index contributed by atoms with van der Waals surface area (Å²) in [7, 11) is 0. The fraction of sp³-hybridized carbons (Fsp3) is 0.360. The van der Waals surface area contributed by atoms with E-state index in [-0.39, 0.29) is 30.4 Å². The lowest BCUT2D eigenvalue weighted by Gasteiger charge is -2.41. The molecular weight excluding hydrogens is 476 g/mol. The lowest BCUT2D eigenvalue weighted by Crippen LogP contribution is -2.42. The predicted molar refractivity (Wildman–Crippen MR) is 118 cm³/mol. The second-order valence-corrected chi connectivity index (χ2v) is 9.34. The molecule has 2 unspecified atom stereocenters. The highest BCUT2D eigenvalue weighted by Gasteiger charge is 2.38. The van der Waals surface area contributed by atoms with Gasteiger partial charge in [-0.15, -0.1) is 11.3 Å². The van der Waals surface area contributed by atoms with Crippen LogP contribution in [-0.4, -0.2) is 17.5 Å². The van der Waals surface area contributed by atoms with E-state index < -0.39 is 23.5 Å². The lowest BCUT2D eigenvalue weighted by atomic mass is 9.92. The third kappa shape index (κ3) is 6.00. The van der Waals surface area contributed by atoms with E-state index in [1.54, 1.807) is 11.3 Å². The molecule has 1 aromatic heterocycles. The van der Waals surface area contributed by atoms with Crippen molar-refractivity contribution >= 4 is 11.3 Å². The number of rotatable bonds is 6. The molecular formula is C25H23F6NOS. The molecule has 1 saturated heterocycles. The maximum atomic E-state index is 13.2. The first-order chi connectivity index (χ1) is 16.1. The molecule has 2 heterocycles. The molecule has 2 nitrogen and oxygen atoms in total. The largest absolute Gasteiger partial charge is 0.416 e. The molecule has 0 radical (unpaired) electrons.